The molecule has 0 bridgehead atoms. The minimum atomic E-state index is -0.343. The second kappa shape index (κ2) is 6.36. The van der Waals surface area contributed by atoms with Gasteiger partial charge in [-0.1, -0.05) is 19.3 Å². The van der Waals surface area contributed by atoms with Gasteiger partial charge in [0.05, 0.1) is 13.2 Å². The summed E-state index contributed by atoms with van der Waals surface area (Å²) >= 11 is 0. The highest BCUT2D eigenvalue weighted by Gasteiger charge is 2.25. The average molecular weight is 242 g/mol. The zero-order valence-electron chi connectivity index (χ0n) is 11.3. The molecule has 1 amide bonds. The Labute approximate surface area is 104 Å². The maximum absolute atomic E-state index is 11.8. The summed E-state index contributed by atoms with van der Waals surface area (Å²) in [6.07, 6.45) is 5.97. The molecule has 17 heavy (non-hydrogen) atoms. The van der Waals surface area contributed by atoms with E-state index >= 15 is 0 Å². The van der Waals surface area contributed by atoms with Crippen molar-refractivity contribution < 1.29 is 9.90 Å². The number of aliphatic hydroxyl groups is 1. The van der Waals surface area contributed by atoms with Gasteiger partial charge in [-0.2, -0.15) is 0 Å². The van der Waals surface area contributed by atoms with Gasteiger partial charge in [0.15, 0.2) is 0 Å². The predicted octanol–water partition coefficient (Wildman–Crippen LogP) is 1.14. The Morgan fingerprint density at radius 3 is 2.47 bits per heavy atom. The minimum Gasteiger partial charge on any atom is -0.394 e. The summed E-state index contributed by atoms with van der Waals surface area (Å²) in [6, 6.07) is 0.363. The topological polar surface area (TPSA) is 52.6 Å². The maximum atomic E-state index is 11.8. The van der Waals surface area contributed by atoms with Crippen LogP contribution in [0.2, 0.25) is 0 Å². The number of amides is 1. The van der Waals surface area contributed by atoms with E-state index in [9.17, 15) is 9.90 Å². The van der Waals surface area contributed by atoms with E-state index in [1.54, 1.807) is 0 Å². The smallest absolute Gasteiger partial charge is 0.234 e. The number of hydrogen-bond donors (Lipinski definition) is 2. The number of nitrogens with zero attached hydrogens (tertiary/aromatic N) is 1. The Hall–Kier alpha value is -0.610. The van der Waals surface area contributed by atoms with Crippen LogP contribution in [0.25, 0.3) is 0 Å². The molecule has 0 atom stereocenters. The van der Waals surface area contributed by atoms with E-state index in [1.165, 1.54) is 19.3 Å². The van der Waals surface area contributed by atoms with Crippen LogP contribution in [0.5, 0.6) is 0 Å². The summed E-state index contributed by atoms with van der Waals surface area (Å²) in [4.78, 5) is 13.7. The first-order chi connectivity index (χ1) is 7.95. The second-order valence-corrected chi connectivity index (χ2v) is 5.73. The Morgan fingerprint density at radius 2 is 1.94 bits per heavy atom. The Morgan fingerprint density at radius 1 is 1.35 bits per heavy atom. The van der Waals surface area contributed by atoms with Crippen molar-refractivity contribution in [2.24, 2.45) is 0 Å². The fourth-order valence-electron chi connectivity index (χ4n) is 2.07. The molecule has 0 radical (unpaired) electrons. The third kappa shape index (κ3) is 4.64. The van der Waals surface area contributed by atoms with Crippen LogP contribution in [0.1, 0.15) is 46.0 Å². The van der Waals surface area contributed by atoms with Crippen LogP contribution < -0.4 is 5.32 Å². The van der Waals surface area contributed by atoms with E-state index in [4.69, 9.17) is 0 Å². The third-order valence-electron chi connectivity index (χ3n) is 3.77. The van der Waals surface area contributed by atoms with Crippen molar-refractivity contribution in [3.8, 4) is 0 Å². The molecule has 100 valence electrons. The molecule has 0 aromatic rings. The van der Waals surface area contributed by atoms with E-state index in [0.29, 0.717) is 12.6 Å². The Balaban J connectivity index is 2.33. The van der Waals surface area contributed by atoms with Gasteiger partial charge in [0.25, 0.3) is 0 Å². The largest absolute Gasteiger partial charge is 0.394 e. The first-order valence-electron chi connectivity index (χ1n) is 6.57. The van der Waals surface area contributed by atoms with Crippen molar-refractivity contribution in [3.05, 3.63) is 0 Å². The quantitative estimate of drug-likeness (QED) is 0.760. The molecule has 0 aliphatic heterocycles. The van der Waals surface area contributed by atoms with Crippen molar-refractivity contribution in [3.63, 3.8) is 0 Å². The molecule has 4 heteroatoms. The monoisotopic (exact) mass is 242 g/mol. The van der Waals surface area contributed by atoms with Crippen LogP contribution in [0.15, 0.2) is 0 Å². The molecule has 2 N–H and O–H groups in total. The third-order valence-corrected chi connectivity index (χ3v) is 3.77. The fraction of sp³-hybridized carbons (Fsp3) is 0.923. The molecule has 0 aromatic carbocycles. The van der Waals surface area contributed by atoms with Gasteiger partial charge in [-0.15, -0.1) is 0 Å². The van der Waals surface area contributed by atoms with Gasteiger partial charge in [0.1, 0.15) is 0 Å². The van der Waals surface area contributed by atoms with Crippen molar-refractivity contribution in [1.29, 1.82) is 0 Å². The van der Waals surface area contributed by atoms with Crippen molar-refractivity contribution in [2.75, 3.05) is 20.2 Å². The number of hydrogen-bond acceptors (Lipinski definition) is 3. The number of carbonyl (C=O) groups is 1. The van der Waals surface area contributed by atoms with Crippen molar-refractivity contribution in [2.45, 2.75) is 57.5 Å². The highest BCUT2D eigenvalue weighted by Crippen LogP contribution is 2.17. The van der Waals surface area contributed by atoms with E-state index in [-0.39, 0.29) is 18.1 Å². The summed E-state index contributed by atoms with van der Waals surface area (Å²) in [6.45, 7) is 4.27. The molecule has 1 rings (SSSR count). The zero-order chi connectivity index (χ0) is 12.9. The second-order valence-electron chi connectivity index (χ2n) is 5.73. The summed E-state index contributed by atoms with van der Waals surface area (Å²) in [5.41, 5.74) is -0.343. The number of likely N-dealkylation sites (N-methyl/N-ethyl adjacent to an activating group) is 1. The van der Waals surface area contributed by atoms with Gasteiger partial charge in [-0.05, 0) is 33.7 Å². The summed E-state index contributed by atoms with van der Waals surface area (Å²) in [5, 5.41) is 12.3. The standard InChI is InChI=1S/C13H26N2O2/c1-13(2,10-16)15(3)9-12(17)14-11-7-5-4-6-8-11/h11,16H,4-10H2,1-3H3,(H,14,17). The summed E-state index contributed by atoms with van der Waals surface area (Å²) in [7, 11) is 1.87. The van der Waals surface area contributed by atoms with Gasteiger partial charge in [0, 0.05) is 11.6 Å². The van der Waals surface area contributed by atoms with E-state index < -0.39 is 0 Å². The molecule has 4 nitrogen and oxygen atoms in total. The van der Waals surface area contributed by atoms with Crippen LogP contribution in [0, 0.1) is 0 Å². The molecule has 1 fully saturated rings. The number of carbonyl (C=O) groups excluding carboxylic acids is 1. The first kappa shape index (κ1) is 14.5. The van der Waals surface area contributed by atoms with Gasteiger partial charge >= 0.3 is 0 Å². The lowest BCUT2D eigenvalue weighted by Crippen LogP contribution is -2.50. The van der Waals surface area contributed by atoms with Crippen molar-refractivity contribution >= 4 is 5.91 Å². The first-order valence-corrected chi connectivity index (χ1v) is 6.57. The van der Waals surface area contributed by atoms with E-state index in [0.717, 1.165) is 12.8 Å². The maximum Gasteiger partial charge on any atom is 0.234 e. The van der Waals surface area contributed by atoms with Gasteiger partial charge in [-0.25, -0.2) is 0 Å². The highest BCUT2D eigenvalue weighted by atomic mass is 16.3. The molecule has 0 aromatic heterocycles. The van der Waals surface area contributed by atoms with Crippen LogP contribution >= 0.6 is 0 Å². The predicted molar refractivity (Wildman–Crippen MR) is 68.8 cm³/mol. The minimum absolute atomic E-state index is 0.0558. The number of nitrogens with one attached hydrogen (secondary N) is 1. The molecule has 0 saturated heterocycles. The molecule has 1 aliphatic carbocycles. The van der Waals surface area contributed by atoms with Crippen LogP contribution in [0.4, 0.5) is 0 Å². The van der Waals surface area contributed by atoms with Gasteiger partial charge in [0.2, 0.25) is 5.91 Å². The molecular weight excluding hydrogens is 216 g/mol. The number of aliphatic hydroxyl groups excluding tert-OH is 1. The SMILES string of the molecule is CN(CC(=O)NC1CCCCC1)C(C)(C)CO. The van der Waals surface area contributed by atoms with Crippen LogP contribution in [0.3, 0.4) is 0 Å². The molecule has 1 saturated carbocycles. The van der Waals surface area contributed by atoms with E-state index in [2.05, 4.69) is 5.32 Å². The highest BCUT2D eigenvalue weighted by molar-refractivity contribution is 5.78. The molecule has 0 unspecified atom stereocenters. The van der Waals surface area contributed by atoms with Gasteiger partial charge < -0.3 is 10.4 Å². The molecular formula is C13H26N2O2. The summed E-state index contributed by atoms with van der Waals surface area (Å²) in [5.74, 6) is 0.0703. The molecule has 1 aliphatic rings. The normalized spacial score (nSPS) is 18.4. The Kier molecular flexibility index (Phi) is 5.40. The lowest BCUT2D eigenvalue weighted by atomic mass is 9.95. The Bertz CT molecular complexity index is 248. The number of rotatable bonds is 5. The van der Waals surface area contributed by atoms with Crippen LogP contribution in [-0.2, 0) is 4.79 Å². The fourth-order valence-corrected chi connectivity index (χ4v) is 2.07. The van der Waals surface area contributed by atoms with Crippen LogP contribution in [-0.4, -0.2) is 47.7 Å². The zero-order valence-corrected chi connectivity index (χ0v) is 11.3. The lowest BCUT2D eigenvalue weighted by molar-refractivity contribution is -0.124. The molecule has 0 heterocycles. The van der Waals surface area contributed by atoms with Gasteiger partial charge in [-0.3, -0.25) is 9.69 Å². The van der Waals surface area contributed by atoms with Crippen molar-refractivity contribution in [1.82, 2.24) is 10.2 Å². The molecule has 0 spiro atoms. The van der Waals surface area contributed by atoms with E-state index in [1.807, 2.05) is 25.8 Å². The summed E-state index contributed by atoms with van der Waals surface area (Å²) < 4.78 is 0. The average Bonchev–Trinajstić information content (AvgIpc) is 2.30. The lowest BCUT2D eigenvalue weighted by Gasteiger charge is -2.34.